The van der Waals surface area contributed by atoms with Crippen molar-refractivity contribution in [2.24, 2.45) is 5.73 Å². The third kappa shape index (κ3) is 8.45. The SMILES string of the molecule is CCOc1ccc(CCc2sc(CNC(=O)COc3ccc(OC(F)(F)F)cc3)nc2C(N)=O)cc1. The summed E-state index contributed by atoms with van der Waals surface area (Å²) in [6, 6.07) is 12.3. The number of alkyl halides is 3. The van der Waals surface area contributed by atoms with Crippen LogP contribution in [0, 0.1) is 0 Å². The fraction of sp³-hybridized carbons (Fsp3) is 0.292. The highest BCUT2D eigenvalue weighted by atomic mass is 32.1. The van der Waals surface area contributed by atoms with Crippen LogP contribution in [0.3, 0.4) is 0 Å². The Labute approximate surface area is 209 Å². The number of hydrogen-bond acceptors (Lipinski definition) is 7. The Morgan fingerprint density at radius 2 is 1.58 bits per heavy atom. The number of carbonyl (C=O) groups excluding carboxylic acids is 2. The molecule has 3 rings (SSSR count). The molecule has 0 aliphatic rings. The number of aromatic nitrogens is 1. The Balaban J connectivity index is 1.50. The first-order valence-electron chi connectivity index (χ1n) is 10.9. The first-order valence-corrected chi connectivity index (χ1v) is 11.7. The fourth-order valence-corrected chi connectivity index (χ4v) is 4.14. The molecule has 2 aromatic carbocycles. The third-order valence-electron chi connectivity index (χ3n) is 4.71. The summed E-state index contributed by atoms with van der Waals surface area (Å²) in [5.41, 5.74) is 6.71. The first-order chi connectivity index (χ1) is 17.1. The van der Waals surface area contributed by atoms with Gasteiger partial charge in [-0.15, -0.1) is 24.5 Å². The van der Waals surface area contributed by atoms with Gasteiger partial charge in [-0.3, -0.25) is 9.59 Å². The van der Waals surface area contributed by atoms with E-state index in [9.17, 15) is 22.8 Å². The summed E-state index contributed by atoms with van der Waals surface area (Å²) in [4.78, 5) is 28.9. The predicted octanol–water partition coefficient (Wildman–Crippen LogP) is 4.02. The van der Waals surface area contributed by atoms with Crippen molar-refractivity contribution in [3.8, 4) is 17.2 Å². The van der Waals surface area contributed by atoms with Crippen LogP contribution in [0.4, 0.5) is 13.2 Å². The highest BCUT2D eigenvalue weighted by Crippen LogP contribution is 2.25. The molecule has 3 N–H and O–H groups in total. The van der Waals surface area contributed by atoms with Gasteiger partial charge in [0.25, 0.3) is 11.8 Å². The van der Waals surface area contributed by atoms with E-state index in [0.29, 0.717) is 24.5 Å². The van der Waals surface area contributed by atoms with Gasteiger partial charge in [-0.2, -0.15) is 0 Å². The van der Waals surface area contributed by atoms with Crippen molar-refractivity contribution in [3.63, 3.8) is 0 Å². The summed E-state index contributed by atoms with van der Waals surface area (Å²) in [5, 5.41) is 3.13. The predicted molar refractivity (Wildman–Crippen MR) is 126 cm³/mol. The highest BCUT2D eigenvalue weighted by molar-refractivity contribution is 7.11. The van der Waals surface area contributed by atoms with Crippen molar-refractivity contribution < 1.29 is 37.0 Å². The second kappa shape index (κ2) is 12.2. The monoisotopic (exact) mass is 523 g/mol. The molecule has 0 radical (unpaired) electrons. The minimum Gasteiger partial charge on any atom is -0.494 e. The summed E-state index contributed by atoms with van der Waals surface area (Å²) in [7, 11) is 0. The van der Waals surface area contributed by atoms with Gasteiger partial charge >= 0.3 is 6.36 Å². The van der Waals surface area contributed by atoms with E-state index in [1.54, 1.807) is 0 Å². The zero-order valence-corrected chi connectivity index (χ0v) is 20.1. The Morgan fingerprint density at radius 1 is 0.972 bits per heavy atom. The van der Waals surface area contributed by atoms with Crippen LogP contribution in [0.15, 0.2) is 48.5 Å². The number of benzene rings is 2. The number of nitrogens with two attached hydrogens (primary N) is 1. The van der Waals surface area contributed by atoms with Crippen molar-refractivity contribution in [2.75, 3.05) is 13.2 Å². The number of thiazole rings is 1. The van der Waals surface area contributed by atoms with Crippen molar-refractivity contribution in [2.45, 2.75) is 32.7 Å². The van der Waals surface area contributed by atoms with Gasteiger partial charge in [0.1, 0.15) is 28.0 Å². The molecule has 1 heterocycles. The Bertz CT molecular complexity index is 1170. The maximum absolute atomic E-state index is 12.2. The van der Waals surface area contributed by atoms with Crippen LogP contribution in [0.25, 0.3) is 0 Å². The molecule has 0 aliphatic carbocycles. The highest BCUT2D eigenvalue weighted by Gasteiger charge is 2.31. The minimum absolute atomic E-state index is 0.0640. The lowest BCUT2D eigenvalue weighted by Crippen LogP contribution is -2.28. The van der Waals surface area contributed by atoms with E-state index >= 15 is 0 Å². The number of ether oxygens (including phenoxy) is 3. The largest absolute Gasteiger partial charge is 0.573 e. The maximum atomic E-state index is 12.2. The lowest BCUT2D eigenvalue weighted by atomic mass is 10.1. The molecule has 0 unspecified atom stereocenters. The number of nitrogens with zero attached hydrogens (tertiary/aromatic N) is 1. The number of rotatable bonds is 12. The topological polar surface area (TPSA) is 113 Å². The van der Waals surface area contributed by atoms with Gasteiger partial charge in [-0.1, -0.05) is 12.1 Å². The van der Waals surface area contributed by atoms with Crippen molar-refractivity contribution in [3.05, 3.63) is 69.7 Å². The second-order valence-corrected chi connectivity index (χ2v) is 8.57. The number of amides is 2. The van der Waals surface area contributed by atoms with Gasteiger partial charge in [-0.25, -0.2) is 4.98 Å². The van der Waals surface area contributed by atoms with Gasteiger partial charge in [0, 0.05) is 4.88 Å². The van der Waals surface area contributed by atoms with Crippen LogP contribution in [0.5, 0.6) is 17.2 Å². The molecule has 1 aromatic heterocycles. The average molecular weight is 524 g/mol. The lowest BCUT2D eigenvalue weighted by molar-refractivity contribution is -0.274. The Morgan fingerprint density at radius 3 is 2.19 bits per heavy atom. The number of hydrogen-bond donors (Lipinski definition) is 2. The number of nitrogens with one attached hydrogen (secondary N) is 1. The number of aryl methyl sites for hydroxylation is 2. The van der Waals surface area contributed by atoms with Gasteiger partial charge in [0.15, 0.2) is 6.61 Å². The Kier molecular flexibility index (Phi) is 9.12. The minimum atomic E-state index is -4.79. The third-order valence-corrected chi connectivity index (χ3v) is 5.83. The van der Waals surface area contributed by atoms with Crippen LogP contribution < -0.4 is 25.3 Å². The smallest absolute Gasteiger partial charge is 0.494 e. The molecule has 192 valence electrons. The van der Waals surface area contributed by atoms with Gasteiger partial charge in [-0.05, 0) is 61.7 Å². The molecule has 0 fully saturated rings. The normalized spacial score (nSPS) is 11.1. The van der Waals surface area contributed by atoms with Crippen LogP contribution in [-0.2, 0) is 24.2 Å². The van der Waals surface area contributed by atoms with Crippen LogP contribution in [-0.4, -0.2) is 36.4 Å². The van der Waals surface area contributed by atoms with Crippen LogP contribution in [0.2, 0.25) is 0 Å². The summed E-state index contributed by atoms with van der Waals surface area (Å²) in [5.74, 6) is -0.538. The van der Waals surface area contributed by atoms with Gasteiger partial charge in [0.05, 0.1) is 13.2 Å². The zero-order valence-electron chi connectivity index (χ0n) is 19.3. The molecule has 0 atom stereocenters. The molecule has 3 aromatic rings. The summed E-state index contributed by atoms with van der Waals surface area (Å²) in [6.45, 7) is 2.20. The lowest BCUT2D eigenvalue weighted by Gasteiger charge is -2.10. The van der Waals surface area contributed by atoms with E-state index in [2.05, 4.69) is 15.0 Å². The molecule has 2 amide bonds. The second-order valence-electron chi connectivity index (χ2n) is 7.41. The molecule has 0 bridgehead atoms. The molecule has 36 heavy (non-hydrogen) atoms. The number of carbonyl (C=O) groups is 2. The summed E-state index contributed by atoms with van der Waals surface area (Å²) < 4.78 is 51.1. The molecule has 12 heteroatoms. The standard InChI is InChI=1S/C24H24F3N3O5S/c1-2-33-16-6-3-15(4-7-16)5-12-19-22(23(28)32)30-21(36-19)13-29-20(31)14-34-17-8-10-18(11-9-17)35-24(25,26)27/h3-4,6-11H,2,5,12-14H2,1H3,(H2,28,32)(H,29,31). The molecule has 0 aliphatic heterocycles. The van der Waals surface area contributed by atoms with E-state index in [0.717, 1.165) is 28.3 Å². The van der Waals surface area contributed by atoms with Crippen molar-refractivity contribution in [1.29, 1.82) is 0 Å². The summed E-state index contributed by atoms with van der Waals surface area (Å²) in [6.07, 6.45) is -3.57. The van der Waals surface area contributed by atoms with Crippen LogP contribution >= 0.6 is 11.3 Å². The van der Waals surface area contributed by atoms with E-state index in [1.807, 2.05) is 31.2 Å². The van der Waals surface area contributed by atoms with E-state index in [-0.39, 0.29) is 24.6 Å². The van der Waals surface area contributed by atoms with Crippen molar-refractivity contribution >= 4 is 23.2 Å². The molecular formula is C24H24F3N3O5S. The van der Waals surface area contributed by atoms with Gasteiger partial charge in [0.2, 0.25) is 0 Å². The van der Waals surface area contributed by atoms with E-state index in [4.69, 9.17) is 15.2 Å². The number of halogens is 3. The molecule has 0 spiro atoms. The number of primary amides is 1. The summed E-state index contributed by atoms with van der Waals surface area (Å²) >= 11 is 1.28. The average Bonchev–Trinajstić information content (AvgIpc) is 3.25. The maximum Gasteiger partial charge on any atom is 0.573 e. The fourth-order valence-electron chi connectivity index (χ4n) is 3.13. The van der Waals surface area contributed by atoms with Gasteiger partial charge < -0.3 is 25.3 Å². The quantitative estimate of drug-likeness (QED) is 0.371. The zero-order chi connectivity index (χ0) is 26.1. The van der Waals surface area contributed by atoms with E-state index < -0.39 is 23.9 Å². The van der Waals surface area contributed by atoms with E-state index in [1.165, 1.54) is 23.5 Å². The van der Waals surface area contributed by atoms with Crippen molar-refractivity contribution in [1.82, 2.24) is 10.3 Å². The Hall–Kier alpha value is -3.80. The molecule has 0 saturated carbocycles. The first kappa shape index (κ1) is 26.8. The molecule has 0 saturated heterocycles. The molecule has 8 nitrogen and oxygen atoms in total. The van der Waals surface area contributed by atoms with Crippen LogP contribution in [0.1, 0.15) is 32.9 Å². The molecular weight excluding hydrogens is 499 g/mol.